The number of hydrogen-bond donors (Lipinski definition) is 1. The molecule has 0 atom stereocenters. The van der Waals surface area contributed by atoms with E-state index in [1.165, 1.54) is 17.8 Å². The molecule has 1 N–H and O–H groups in total. The summed E-state index contributed by atoms with van der Waals surface area (Å²) in [6.45, 7) is 2.53. The highest BCUT2D eigenvalue weighted by Gasteiger charge is 2.20. The molecule has 0 saturated carbocycles. The number of halogens is 2. The third kappa shape index (κ3) is 4.03. The molecule has 1 aromatic carbocycles. The number of carbonyl (C=O) groups is 1. The van der Waals surface area contributed by atoms with E-state index in [4.69, 9.17) is 11.6 Å². The number of benzene rings is 1. The van der Waals surface area contributed by atoms with Gasteiger partial charge in [-0.05, 0) is 49.1 Å². The molecule has 1 aliphatic heterocycles. The quantitative estimate of drug-likeness (QED) is 0.920. The Morgan fingerprint density at radius 2 is 1.96 bits per heavy atom. The molecule has 6 heteroatoms. The molecule has 0 spiro atoms. The van der Waals surface area contributed by atoms with E-state index in [-0.39, 0.29) is 10.9 Å². The van der Waals surface area contributed by atoms with Crippen LogP contribution in [0.1, 0.15) is 23.2 Å². The van der Waals surface area contributed by atoms with Gasteiger partial charge in [-0.1, -0.05) is 11.6 Å². The van der Waals surface area contributed by atoms with Crippen molar-refractivity contribution in [2.24, 2.45) is 5.92 Å². The van der Waals surface area contributed by atoms with Gasteiger partial charge in [-0.3, -0.25) is 9.78 Å². The highest BCUT2D eigenvalue weighted by molar-refractivity contribution is 6.33. The van der Waals surface area contributed by atoms with E-state index in [1.54, 1.807) is 12.4 Å². The summed E-state index contributed by atoms with van der Waals surface area (Å²) in [5.74, 6) is -0.261. The number of carbonyl (C=O) groups excluding carboxylic acids is 1. The number of rotatable bonds is 4. The van der Waals surface area contributed by atoms with Crippen LogP contribution in [0.2, 0.25) is 5.02 Å². The normalized spacial score (nSPS) is 15.3. The molecule has 0 unspecified atom stereocenters. The van der Waals surface area contributed by atoms with Crippen LogP contribution >= 0.6 is 11.6 Å². The van der Waals surface area contributed by atoms with Gasteiger partial charge in [0.25, 0.3) is 5.91 Å². The number of anilines is 1. The Kier molecular flexibility index (Phi) is 5.30. The lowest BCUT2D eigenvalue weighted by molar-refractivity contribution is 0.0945. The molecule has 0 bridgehead atoms. The van der Waals surface area contributed by atoms with Crippen LogP contribution in [0, 0.1) is 11.7 Å². The standard InChI is InChI=1S/C18H19ClFN3O/c19-17-11-14(20)1-2-16(17)18(24)22-12-13-5-9-23(10-6-13)15-3-7-21-8-4-15/h1-4,7-8,11,13H,5-6,9-10,12H2,(H,22,24). The summed E-state index contributed by atoms with van der Waals surface area (Å²) in [5.41, 5.74) is 1.50. The van der Waals surface area contributed by atoms with Gasteiger partial charge in [0.2, 0.25) is 0 Å². The van der Waals surface area contributed by atoms with Gasteiger partial charge >= 0.3 is 0 Å². The van der Waals surface area contributed by atoms with Gasteiger partial charge in [0.05, 0.1) is 10.6 Å². The molecule has 24 heavy (non-hydrogen) atoms. The van der Waals surface area contributed by atoms with Crippen molar-refractivity contribution in [3.05, 3.63) is 59.1 Å². The number of nitrogens with one attached hydrogen (secondary N) is 1. The summed E-state index contributed by atoms with van der Waals surface area (Å²) >= 11 is 5.92. The molecule has 0 aliphatic carbocycles. The highest BCUT2D eigenvalue weighted by Crippen LogP contribution is 2.22. The Morgan fingerprint density at radius 1 is 1.25 bits per heavy atom. The third-order valence-electron chi connectivity index (χ3n) is 4.37. The summed E-state index contributed by atoms with van der Waals surface area (Å²) in [6.07, 6.45) is 5.63. The molecule has 0 radical (unpaired) electrons. The van der Waals surface area contributed by atoms with Crippen LogP contribution < -0.4 is 10.2 Å². The summed E-state index contributed by atoms with van der Waals surface area (Å²) in [6, 6.07) is 7.84. The second-order valence-corrected chi connectivity index (χ2v) is 6.38. The van der Waals surface area contributed by atoms with E-state index in [1.807, 2.05) is 12.1 Å². The zero-order valence-electron chi connectivity index (χ0n) is 13.2. The Bertz CT molecular complexity index is 703. The van der Waals surface area contributed by atoms with Crippen molar-refractivity contribution < 1.29 is 9.18 Å². The van der Waals surface area contributed by atoms with Crippen molar-refractivity contribution in [3.8, 4) is 0 Å². The van der Waals surface area contributed by atoms with Crippen LogP contribution in [0.3, 0.4) is 0 Å². The van der Waals surface area contributed by atoms with Crippen molar-refractivity contribution in [3.63, 3.8) is 0 Å². The van der Waals surface area contributed by atoms with Crippen molar-refractivity contribution in [2.45, 2.75) is 12.8 Å². The fraction of sp³-hybridized carbons (Fsp3) is 0.333. The summed E-state index contributed by atoms with van der Waals surface area (Å²) in [5, 5.41) is 3.05. The van der Waals surface area contributed by atoms with Crippen molar-refractivity contribution in [1.29, 1.82) is 0 Å². The number of aromatic nitrogens is 1. The van der Waals surface area contributed by atoms with Crippen LogP contribution in [-0.2, 0) is 0 Å². The minimum atomic E-state index is -0.444. The number of piperidine rings is 1. The molecule has 1 saturated heterocycles. The van der Waals surface area contributed by atoms with Gasteiger partial charge in [-0.25, -0.2) is 4.39 Å². The maximum atomic E-state index is 13.0. The largest absolute Gasteiger partial charge is 0.371 e. The molecule has 1 fully saturated rings. The molecular formula is C18H19ClFN3O. The van der Waals surface area contributed by atoms with E-state index >= 15 is 0 Å². The maximum absolute atomic E-state index is 13.0. The maximum Gasteiger partial charge on any atom is 0.252 e. The lowest BCUT2D eigenvalue weighted by atomic mass is 9.96. The van der Waals surface area contributed by atoms with E-state index in [9.17, 15) is 9.18 Å². The predicted octanol–water partition coefficient (Wildman–Crippen LogP) is 3.52. The Morgan fingerprint density at radius 3 is 2.62 bits per heavy atom. The van der Waals surface area contributed by atoms with Crippen LogP contribution in [0.5, 0.6) is 0 Å². The van der Waals surface area contributed by atoms with E-state index in [0.29, 0.717) is 18.0 Å². The topological polar surface area (TPSA) is 45.2 Å². The zero-order chi connectivity index (χ0) is 16.9. The Hall–Kier alpha value is -2.14. The van der Waals surface area contributed by atoms with E-state index < -0.39 is 5.82 Å². The number of amides is 1. The van der Waals surface area contributed by atoms with Gasteiger partial charge in [-0.2, -0.15) is 0 Å². The lowest BCUT2D eigenvalue weighted by Crippen LogP contribution is -2.38. The number of hydrogen-bond acceptors (Lipinski definition) is 3. The SMILES string of the molecule is O=C(NCC1CCN(c2ccncc2)CC1)c1ccc(F)cc1Cl. The average molecular weight is 348 g/mol. The lowest BCUT2D eigenvalue weighted by Gasteiger charge is -2.33. The fourth-order valence-corrected chi connectivity index (χ4v) is 3.21. The smallest absolute Gasteiger partial charge is 0.252 e. The molecule has 3 rings (SSSR count). The molecule has 4 nitrogen and oxygen atoms in total. The summed E-state index contributed by atoms with van der Waals surface area (Å²) < 4.78 is 13.0. The molecule has 1 aromatic heterocycles. The van der Waals surface area contributed by atoms with Crippen LogP contribution in [0.25, 0.3) is 0 Å². The van der Waals surface area contributed by atoms with Gasteiger partial charge < -0.3 is 10.2 Å². The van der Waals surface area contributed by atoms with Crippen LogP contribution in [0.4, 0.5) is 10.1 Å². The third-order valence-corrected chi connectivity index (χ3v) is 4.68. The van der Waals surface area contributed by atoms with Crippen LogP contribution in [0.15, 0.2) is 42.7 Å². The second-order valence-electron chi connectivity index (χ2n) is 5.97. The van der Waals surface area contributed by atoms with Crippen molar-refractivity contribution in [2.75, 3.05) is 24.5 Å². The highest BCUT2D eigenvalue weighted by atomic mass is 35.5. The minimum absolute atomic E-state index is 0.139. The summed E-state index contributed by atoms with van der Waals surface area (Å²) in [4.78, 5) is 18.5. The average Bonchev–Trinajstić information content (AvgIpc) is 2.61. The van der Waals surface area contributed by atoms with Crippen molar-refractivity contribution in [1.82, 2.24) is 10.3 Å². The van der Waals surface area contributed by atoms with Gasteiger partial charge in [-0.15, -0.1) is 0 Å². The zero-order valence-corrected chi connectivity index (χ0v) is 14.0. The van der Waals surface area contributed by atoms with Crippen molar-refractivity contribution >= 4 is 23.2 Å². The monoisotopic (exact) mass is 347 g/mol. The second kappa shape index (κ2) is 7.62. The molecular weight excluding hydrogens is 329 g/mol. The number of nitrogens with zero attached hydrogens (tertiary/aromatic N) is 2. The Labute approximate surface area is 145 Å². The molecule has 2 aromatic rings. The molecule has 2 heterocycles. The summed E-state index contributed by atoms with van der Waals surface area (Å²) in [7, 11) is 0. The predicted molar refractivity (Wildman–Crippen MR) is 92.9 cm³/mol. The molecule has 1 amide bonds. The Balaban J connectivity index is 1.49. The first-order valence-electron chi connectivity index (χ1n) is 8.01. The van der Waals surface area contributed by atoms with E-state index in [2.05, 4.69) is 15.2 Å². The fourth-order valence-electron chi connectivity index (χ4n) is 2.96. The molecule has 1 aliphatic rings. The van der Waals surface area contributed by atoms with E-state index in [0.717, 1.165) is 32.0 Å². The minimum Gasteiger partial charge on any atom is -0.371 e. The number of pyridine rings is 1. The first kappa shape index (κ1) is 16.7. The van der Waals surface area contributed by atoms with Gasteiger partial charge in [0, 0.05) is 37.7 Å². The van der Waals surface area contributed by atoms with Crippen LogP contribution in [-0.4, -0.2) is 30.5 Å². The first-order chi connectivity index (χ1) is 11.6. The molecule has 126 valence electrons. The van der Waals surface area contributed by atoms with Gasteiger partial charge in [0.1, 0.15) is 5.82 Å². The first-order valence-corrected chi connectivity index (χ1v) is 8.39. The van der Waals surface area contributed by atoms with Gasteiger partial charge in [0.15, 0.2) is 0 Å².